The maximum atomic E-state index is 13.1. The molecule has 32 heavy (non-hydrogen) atoms. The number of nitrogens with zero attached hydrogens (tertiary/aromatic N) is 1. The molecule has 164 valence electrons. The molecule has 0 heterocycles. The van der Waals surface area contributed by atoms with Gasteiger partial charge in [0.05, 0.1) is 5.56 Å². The van der Waals surface area contributed by atoms with Gasteiger partial charge in [-0.05, 0) is 61.4 Å². The maximum absolute atomic E-state index is 13.1. The Hall–Kier alpha value is -3.73. The van der Waals surface area contributed by atoms with Gasteiger partial charge in [-0.15, -0.1) is 0 Å². The average Bonchev–Trinajstić information content (AvgIpc) is 2.84. The summed E-state index contributed by atoms with van der Waals surface area (Å²) in [6.45, 7) is 2.13. The van der Waals surface area contributed by atoms with Crippen LogP contribution < -0.4 is 4.74 Å². The van der Waals surface area contributed by atoms with E-state index in [1.807, 2.05) is 36.4 Å². The van der Waals surface area contributed by atoms with E-state index in [9.17, 15) is 9.59 Å². The van der Waals surface area contributed by atoms with E-state index in [-0.39, 0.29) is 11.5 Å². The molecule has 0 amide bonds. The van der Waals surface area contributed by atoms with Gasteiger partial charge in [-0.25, -0.2) is 4.79 Å². The highest BCUT2D eigenvalue weighted by Crippen LogP contribution is 2.22. The zero-order chi connectivity index (χ0) is 22.6. The van der Waals surface area contributed by atoms with E-state index in [4.69, 9.17) is 9.57 Å². The molecular weight excluding hydrogens is 402 g/mol. The van der Waals surface area contributed by atoms with Crippen LogP contribution in [0.15, 0.2) is 90.1 Å². The number of unbranched alkanes of at least 4 members (excludes halogenated alkanes) is 3. The smallest absolute Gasteiger partial charge is 0.365 e. The summed E-state index contributed by atoms with van der Waals surface area (Å²) in [4.78, 5) is 30.4. The molecule has 0 aliphatic rings. The predicted molar refractivity (Wildman–Crippen MR) is 125 cm³/mol. The molecule has 0 bridgehead atoms. The summed E-state index contributed by atoms with van der Waals surface area (Å²) in [6.07, 6.45) is 4.40. The van der Waals surface area contributed by atoms with Gasteiger partial charge in [-0.1, -0.05) is 67.7 Å². The van der Waals surface area contributed by atoms with Crippen molar-refractivity contribution in [2.45, 2.75) is 39.0 Å². The lowest BCUT2D eigenvalue weighted by Crippen LogP contribution is -2.16. The number of para-hydroxylation sites is 1. The van der Waals surface area contributed by atoms with Gasteiger partial charge < -0.3 is 9.57 Å². The quantitative estimate of drug-likeness (QED) is 0.110. The lowest BCUT2D eigenvalue weighted by Gasteiger charge is -2.08. The average molecular weight is 430 g/mol. The van der Waals surface area contributed by atoms with E-state index in [1.54, 1.807) is 48.5 Å². The molecule has 0 aliphatic heterocycles. The number of Topliss-reactive ketones (excluding diaryl/α,β-unsaturated/α-hetero) is 1. The molecule has 0 atom stereocenters. The standard InChI is InChI=1S/C27H27NO4/c1-2-3-4-11-16-25(28-32-27(30)22-12-7-5-8-13-22)26(29)21-17-19-24(20-18-21)31-23-14-9-6-10-15-23/h5-10,12-15,17-20H,2-4,11,16H2,1H3/b28-25+. The van der Waals surface area contributed by atoms with Gasteiger partial charge in [0.1, 0.15) is 17.2 Å². The van der Waals surface area contributed by atoms with Gasteiger partial charge in [0.15, 0.2) is 0 Å². The predicted octanol–water partition coefficient (Wildman–Crippen LogP) is 6.85. The second kappa shape index (κ2) is 12.2. The largest absolute Gasteiger partial charge is 0.457 e. The van der Waals surface area contributed by atoms with Gasteiger partial charge in [0.2, 0.25) is 5.78 Å². The van der Waals surface area contributed by atoms with Gasteiger partial charge >= 0.3 is 5.97 Å². The second-order valence-electron chi connectivity index (χ2n) is 7.36. The van der Waals surface area contributed by atoms with Crippen molar-refractivity contribution >= 4 is 17.5 Å². The van der Waals surface area contributed by atoms with Gasteiger partial charge in [0, 0.05) is 5.56 Å². The summed E-state index contributed by atoms with van der Waals surface area (Å²) < 4.78 is 5.78. The number of hydrogen-bond acceptors (Lipinski definition) is 5. The van der Waals surface area contributed by atoms with Crippen LogP contribution >= 0.6 is 0 Å². The van der Waals surface area contributed by atoms with Crippen molar-refractivity contribution in [1.29, 1.82) is 0 Å². The van der Waals surface area contributed by atoms with Crippen LogP contribution in [0.3, 0.4) is 0 Å². The topological polar surface area (TPSA) is 65.0 Å². The third-order valence-electron chi connectivity index (χ3n) is 4.87. The second-order valence-corrected chi connectivity index (χ2v) is 7.36. The lowest BCUT2D eigenvalue weighted by atomic mass is 10.0. The Balaban J connectivity index is 1.71. The zero-order valence-electron chi connectivity index (χ0n) is 18.2. The highest BCUT2D eigenvalue weighted by atomic mass is 16.7. The maximum Gasteiger partial charge on any atom is 0.365 e. The van der Waals surface area contributed by atoms with Crippen LogP contribution in [0.2, 0.25) is 0 Å². The number of benzene rings is 3. The van der Waals surface area contributed by atoms with Crippen molar-refractivity contribution in [2.24, 2.45) is 5.16 Å². The molecule has 0 fully saturated rings. The van der Waals surface area contributed by atoms with Crippen molar-refractivity contribution in [1.82, 2.24) is 0 Å². The monoisotopic (exact) mass is 429 g/mol. The molecule has 0 saturated carbocycles. The van der Waals surface area contributed by atoms with Crippen molar-refractivity contribution in [2.75, 3.05) is 0 Å². The fraction of sp³-hybridized carbons (Fsp3) is 0.222. The first-order valence-electron chi connectivity index (χ1n) is 10.9. The number of hydrogen-bond donors (Lipinski definition) is 0. The van der Waals surface area contributed by atoms with Crippen LogP contribution in [-0.2, 0) is 4.84 Å². The first-order valence-corrected chi connectivity index (χ1v) is 10.9. The Morgan fingerprint density at radius 1 is 0.719 bits per heavy atom. The first-order chi connectivity index (χ1) is 15.7. The van der Waals surface area contributed by atoms with Gasteiger partial charge in [-0.3, -0.25) is 4.79 Å². The molecule has 5 nitrogen and oxygen atoms in total. The third-order valence-corrected chi connectivity index (χ3v) is 4.87. The molecule has 3 aromatic rings. The molecule has 3 rings (SSSR count). The van der Waals surface area contributed by atoms with Crippen LogP contribution in [0, 0.1) is 0 Å². The molecule has 0 N–H and O–H groups in total. The molecule has 0 spiro atoms. The third kappa shape index (κ3) is 6.91. The molecule has 0 aromatic heterocycles. The van der Waals surface area contributed by atoms with Crippen molar-refractivity contribution in [3.8, 4) is 11.5 Å². The molecule has 3 aromatic carbocycles. The fourth-order valence-electron chi connectivity index (χ4n) is 3.11. The summed E-state index contributed by atoms with van der Waals surface area (Å²) in [7, 11) is 0. The van der Waals surface area contributed by atoms with E-state index in [2.05, 4.69) is 12.1 Å². The molecule has 0 unspecified atom stereocenters. The van der Waals surface area contributed by atoms with Gasteiger partial charge in [0.25, 0.3) is 0 Å². The Morgan fingerprint density at radius 3 is 2.00 bits per heavy atom. The first kappa shape index (κ1) is 22.9. The Labute approximate surface area is 188 Å². The molecule has 0 saturated heterocycles. The molecule has 5 heteroatoms. The minimum Gasteiger partial charge on any atom is -0.457 e. The van der Waals surface area contributed by atoms with E-state index >= 15 is 0 Å². The van der Waals surface area contributed by atoms with Crippen molar-refractivity contribution in [3.05, 3.63) is 96.1 Å². The number of ketones is 1. The van der Waals surface area contributed by atoms with Crippen LogP contribution in [-0.4, -0.2) is 17.5 Å². The fourth-order valence-corrected chi connectivity index (χ4v) is 3.11. The normalized spacial score (nSPS) is 11.1. The molecule has 0 radical (unpaired) electrons. The van der Waals surface area contributed by atoms with E-state index in [1.165, 1.54) is 0 Å². The summed E-state index contributed by atoms with van der Waals surface area (Å²) in [5.74, 6) is 0.506. The Kier molecular flexibility index (Phi) is 8.75. The highest BCUT2D eigenvalue weighted by Gasteiger charge is 2.17. The summed E-state index contributed by atoms with van der Waals surface area (Å²) in [6, 6.07) is 24.9. The number of oxime groups is 1. The highest BCUT2D eigenvalue weighted by molar-refractivity contribution is 6.45. The van der Waals surface area contributed by atoms with Crippen molar-refractivity contribution < 1.29 is 19.2 Å². The Bertz CT molecular complexity index is 1030. The van der Waals surface area contributed by atoms with Crippen LogP contribution in [0.25, 0.3) is 0 Å². The van der Waals surface area contributed by atoms with E-state index in [0.29, 0.717) is 23.3 Å². The van der Waals surface area contributed by atoms with E-state index < -0.39 is 5.97 Å². The van der Waals surface area contributed by atoms with Gasteiger partial charge in [-0.2, -0.15) is 0 Å². The van der Waals surface area contributed by atoms with Crippen LogP contribution in [0.5, 0.6) is 11.5 Å². The van der Waals surface area contributed by atoms with Crippen LogP contribution in [0.4, 0.5) is 0 Å². The summed E-state index contributed by atoms with van der Waals surface area (Å²) in [5.41, 5.74) is 1.09. The number of carbonyl (C=O) groups is 2. The number of rotatable bonds is 11. The minimum atomic E-state index is -0.587. The molecule has 0 aliphatic carbocycles. The number of ether oxygens (including phenoxy) is 1. The Morgan fingerprint density at radius 2 is 1.34 bits per heavy atom. The van der Waals surface area contributed by atoms with E-state index in [0.717, 1.165) is 31.4 Å². The van der Waals surface area contributed by atoms with Crippen molar-refractivity contribution in [3.63, 3.8) is 0 Å². The number of carbonyl (C=O) groups excluding carboxylic acids is 2. The summed E-state index contributed by atoms with van der Waals surface area (Å²) >= 11 is 0. The SMILES string of the molecule is CCCCCC/C(=N\OC(=O)c1ccccc1)C(=O)c1ccc(Oc2ccccc2)cc1. The zero-order valence-corrected chi connectivity index (χ0v) is 18.2. The minimum absolute atomic E-state index is 0.238. The molecular formula is C27H27NO4. The lowest BCUT2D eigenvalue weighted by molar-refractivity contribution is 0.0514. The summed E-state index contributed by atoms with van der Waals surface area (Å²) in [5, 5.41) is 3.95. The van der Waals surface area contributed by atoms with Crippen LogP contribution in [0.1, 0.15) is 59.7 Å².